The van der Waals surface area contributed by atoms with Crippen molar-refractivity contribution >= 4 is 13.9 Å². The first-order valence-electron chi connectivity index (χ1n) is 5.70. The molecule has 0 fully saturated rings. The Hall–Kier alpha value is -0.813. The van der Waals surface area contributed by atoms with Crippen molar-refractivity contribution in [2.75, 3.05) is 0 Å². The van der Waals surface area contributed by atoms with Crippen LogP contribution in [0, 0.1) is 11.5 Å². The van der Waals surface area contributed by atoms with Crippen molar-refractivity contribution in [2.45, 2.75) is 51.7 Å². The second-order valence-corrected chi connectivity index (χ2v) is 9.92. The summed E-state index contributed by atoms with van der Waals surface area (Å²) < 4.78 is 0. The summed E-state index contributed by atoms with van der Waals surface area (Å²) in [6.07, 6.45) is 6.61. The minimum absolute atomic E-state index is 0.300. The summed E-state index contributed by atoms with van der Waals surface area (Å²) in [7, 11) is -1.20. The highest BCUT2D eigenvalue weighted by Crippen LogP contribution is 2.19. The van der Waals surface area contributed by atoms with Gasteiger partial charge in [0.1, 0.15) is 8.07 Å². The minimum atomic E-state index is -1.20. The molecule has 2 heteroatoms. The molecule has 15 heavy (non-hydrogen) atoms. The Balaban J connectivity index is 2.37. The highest BCUT2D eigenvalue weighted by atomic mass is 28.3. The Kier molecular flexibility index (Phi) is 4.35. The van der Waals surface area contributed by atoms with E-state index < -0.39 is 8.07 Å². The van der Waals surface area contributed by atoms with Crippen molar-refractivity contribution in [3.8, 4) is 11.5 Å². The van der Waals surface area contributed by atoms with Crippen LogP contribution in [0.1, 0.15) is 32.1 Å². The van der Waals surface area contributed by atoms with Gasteiger partial charge in [0, 0.05) is 12.8 Å². The molecule has 1 aliphatic carbocycles. The standard InChI is InChI=1S/C13H20OSi/c1-15(2,3)10-5-4-7-12-8-6-9-13(14)11-12/h11H,4,6-9H2,1-3H3. The topological polar surface area (TPSA) is 17.1 Å². The highest BCUT2D eigenvalue weighted by molar-refractivity contribution is 6.83. The molecule has 0 N–H and O–H groups in total. The van der Waals surface area contributed by atoms with Gasteiger partial charge in [-0.1, -0.05) is 25.2 Å². The van der Waals surface area contributed by atoms with Crippen LogP contribution >= 0.6 is 0 Å². The second-order valence-electron chi connectivity index (χ2n) is 5.17. The largest absolute Gasteiger partial charge is 0.295 e. The average molecular weight is 220 g/mol. The van der Waals surface area contributed by atoms with E-state index in [2.05, 4.69) is 31.1 Å². The molecular formula is C13H20OSi. The second kappa shape index (κ2) is 5.32. The van der Waals surface area contributed by atoms with Gasteiger partial charge in [-0.05, 0) is 25.3 Å². The van der Waals surface area contributed by atoms with Gasteiger partial charge in [0.15, 0.2) is 5.78 Å². The fourth-order valence-electron chi connectivity index (χ4n) is 1.61. The van der Waals surface area contributed by atoms with Gasteiger partial charge in [-0.2, -0.15) is 0 Å². The van der Waals surface area contributed by atoms with Gasteiger partial charge in [0.2, 0.25) is 0 Å². The third-order valence-corrected chi connectivity index (χ3v) is 3.25. The van der Waals surface area contributed by atoms with Crippen LogP contribution in [0.4, 0.5) is 0 Å². The lowest BCUT2D eigenvalue weighted by Gasteiger charge is -2.10. The van der Waals surface area contributed by atoms with Crippen molar-refractivity contribution in [1.29, 1.82) is 0 Å². The van der Waals surface area contributed by atoms with E-state index in [1.165, 1.54) is 5.57 Å². The van der Waals surface area contributed by atoms with E-state index in [0.29, 0.717) is 5.78 Å². The predicted molar refractivity (Wildman–Crippen MR) is 67.3 cm³/mol. The molecule has 0 aromatic heterocycles. The van der Waals surface area contributed by atoms with Crippen molar-refractivity contribution in [3.63, 3.8) is 0 Å². The van der Waals surface area contributed by atoms with E-state index in [9.17, 15) is 4.79 Å². The van der Waals surface area contributed by atoms with Gasteiger partial charge in [0.05, 0.1) is 0 Å². The maximum absolute atomic E-state index is 11.2. The quantitative estimate of drug-likeness (QED) is 0.515. The normalized spacial score (nSPS) is 16.7. The Labute approximate surface area is 94.0 Å². The van der Waals surface area contributed by atoms with E-state index >= 15 is 0 Å². The molecule has 0 aromatic carbocycles. The summed E-state index contributed by atoms with van der Waals surface area (Å²) in [4.78, 5) is 11.2. The average Bonchev–Trinajstić information content (AvgIpc) is 2.11. The summed E-state index contributed by atoms with van der Waals surface area (Å²) in [5, 5.41) is 0. The van der Waals surface area contributed by atoms with E-state index in [4.69, 9.17) is 0 Å². The van der Waals surface area contributed by atoms with Crippen molar-refractivity contribution in [1.82, 2.24) is 0 Å². The molecular weight excluding hydrogens is 200 g/mol. The van der Waals surface area contributed by atoms with Crippen LogP contribution in [0.15, 0.2) is 11.6 Å². The Morgan fingerprint density at radius 1 is 1.33 bits per heavy atom. The molecule has 1 nitrogen and oxygen atoms in total. The first-order chi connectivity index (χ1) is 6.97. The molecule has 0 saturated carbocycles. The monoisotopic (exact) mass is 220 g/mol. The molecule has 0 heterocycles. The minimum Gasteiger partial charge on any atom is -0.295 e. The molecule has 0 aliphatic heterocycles. The molecule has 0 amide bonds. The first-order valence-corrected chi connectivity index (χ1v) is 9.20. The summed E-state index contributed by atoms with van der Waals surface area (Å²) >= 11 is 0. The van der Waals surface area contributed by atoms with Crippen LogP contribution < -0.4 is 0 Å². The summed E-state index contributed by atoms with van der Waals surface area (Å²) in [6.45, 7) is 6.76. The zero-order valence-electron chi connectivity index (χ0n) is 10.0. The lowest BCUT2D eigenvalue weighted by Crippen LogP contribution is -2.16. The zero-order valence-corrected chi connectivity index (χ0v) is 11.0. The van der Waals surface area contributed by atoms with Crippen LogP contribution in [-0.4, -0.2) is 13.9 Å². The molecule has 82 valence electrons. The molecule has 0 atom stereocenters. The summed E-state index contributed by atoms with van der Waals surface area (Å²) in [5.41, 5.74) is 4.65. The maximum Gasteiger partial charge on any atom is 0.155 e. The van der Waals surface area contributed by atoms with Gasteiger partial charge < -0.3 is 0 Å². The molecule has 0 spiro atoms. The smallest absolute Gasteiger partial charge is 0.155 e. The molecule has 0 saturated heterocycles. The van der Waals surface area contributed by atoms with Crippen LogP contribution in [0.5, 0.6) is 0 Å². The predicted octanol–water partition coefficient (Wildman–Crippen LogP) is 3.33. The van der Waals surface area contributed by atoms with Crippen molar-refractivity contribution < 1.29 is 4.79 Å². The van der Waals surface area contributed by atoms with E-state index in [1.54, 1.807) is 0 Å². The molecule has 0 unspecified atom stereocenters. The number of rotatable bonds is 2. The van der Waals surface area contributed by atoms with E-state index in [1.807, 2.05) is 6.08 Å². The fourth-order valence-corrected chi connectivity index (χ4v) is 2.26. The third kappa shape index (κ3) is 5.59. The number of carbonyl (C=O) groups excluding carboxylic acids is 1. The lowest BCUT2D eigenvalue weighted by atomic mass is 9.95. The first kappa shape index (κ1) is 12.3. The van der Waals surface area contributed by atoms with Gasteiger partial charge in [-0.3, -0.25) is 4.79 Å². The van der Waals surface area contributed by atoms with Crippen LogP contribution in [0.3, 0.4) is 0 Å². The SMILES string of the molecule is C[Si](C)(C)C#CCCC1=CC(=O)CCC1. The molecule has 0 bridgehead atoms. The molecule has 1 rings (SSSR count). The number of carbonyl (C=O) groups is 1. The van der Waals surface area contributed by atoms with Crippen LogP contribution in [-0.2, 0) is 4.79 Å². The van der Waals surface area contributed by atoms with E-state index in [0.717, 1.165) is 32.1 Å². The Bertz CT molecular complexity index is 323. The number of ketones is 1. The molecule has 0 aromatic rings. The van der Waals surface area contributed by atoms with Gasteiger partial charge >= 0.3 is 0 Å². The maximum atomic E-state index is 11.2. The van der Waals surface area contributed by atoms with Gasteiger partial charge in [-0.15, -0.1) is 11.5 Å². The Morgan fingerprint density at radius 2 is 2.07 bits per heavy atom. The van der Waals surface area contributed by atoms with Crippen LogP contribution in [0.25, 0.3) is 0 Å². The van der Waals surface area contributed by atoms with E-state index in [-0.39, 0.29) is 0 Å². The summed E-state index contributed by atoms with van der Waals surface area (Å²) in [6, 6.07) is 0. The van der Waals surface area contributed by atoms with Crippen molar-refractivity contribution in [2.24, 2.45) is 0 Å². The summed E-state index contributed by atoms with van der Waals surface area (Å²) in [5.74, 6) is 3.55. The number of hydrogen-bond donors (Lipinski definition) is 0. The number of hydrogen-bond acceptors (Lipinski definition) is 1. The molecule has 0 radical (unpaired) electrons. The highest BCUT2D eigenvalue weighted by Gasteiger charge is 2.09. The van der Waals surface area contributed by atoms with Crippen LogP contribution in [0.2, 0.25) is 19.6 Å². The Morgan fingerprint density at radius 3 is 2.67 bits per heavy atom. The van der Waals surface area contributed by atoms with Gasteiger partial charge in [-0.25, -0.2) is 0 Å². The van der Waals surface area contributed by atoms with Gasteiger partial charge in [0.25, 0.3) is 0 Å². The van der Waals surface area contributed by atoms with Crippen molar-refractivity contribution in [3.05, 3.63) is 11.6 Å². The lowest BCUT2D eigenvalue weighted by molar-refractivity contribution is -0.115. The third-order valence-electron chi connectivity index (χ3n) is 2.32. The zero-order chi connectivity index (χ0) is 11.3. The fraction of sp³-hybridized carbons (Fsp3) is 0.615. The molecule has 1 aliphatic rings. The number of allylic oxidation sites excluding steroid dienone is 2.